The zero-order chi connectivity index (χ0) is 16.8. The van der Waals surface area contributed by atoms with Crippen molar-refractivity contribution in [3.8, 4) is 5.75 Å². The number of esters is 1. The van der Waals surface area contributed by atoms with Gasteiger partial charge in [-0.3, -0.25) is 4.79 Å². The van der Waals surface area contributed by atoms with Crippen LogP contribution in [0.1, 0.15) is 21.5 Å². The van der Waals surface area contributed by atoms with Crippen molar-refractivity contribution in [1.82, 2.24) is 0 Å². The van der Waals surface area contributed by atoms with Gasteiger partial charge in [-0.25, -0.2) is 4.79 Å². The van der Waals surface area contributed by atoms with E-state index in [1.54, 1.807) is 24.3 Å². The van der Waals surface area contributed by atoms with E-state index >= 15 is 0 Å². The van der Waals surface area contributed by atoms with Crippen LogP contribution in [0.2, 0.25) is 0 Å². The number of rotatable bonds is 5. The Balaban J connectivity index is 1.96. The van der Waals surface area contributed by atoms with E-state index in [4.69, 9.17) is 4.74 Å². The lowest BCUT2D eigenvalue weighted by Crippen LogP contribution is -2.20. The van der Waals surface area contributed by atoms with Gasteiger partial charge in [0.25, 0.3) is 5.91 Å². The first-order valence-electron chi connectivity index (χ1n) is 7.18. The average Bonchev–Trinajstić information content (AvgIpc) is 2.53. The smallest absolute Gasteiger partial charge is 0.337 e. The van der Waals surface area contributed by atoms with Gasteiger partial charge in [-0.1, -0.05) is 23.8 Å². The van der Waals surface area contributed by atoms with Gasteiger partial charge < -0.3 is 14.8 Å². The maximum Gasteiger partial charge on any atom is 0.337 e. The second-order valence-electron chi connectivity index (χ2n) is 5.18. The van der Waals surface area contributed by atoms with Crippen molar-refractivity contribution >= 4 is 17.6 Å². The van der Waals surface area contributed by atoms with Gasteiger partial charge in [0.05, 0.1) is 12.7 Å². The summed E-state index contributed by atoms with van der Waals surface area (Å²) >= 11 is 0. The molecule has 0 fully saturated rings. The molecule has 5 nitrogen and oxygen atoms in total. The first kappa shape index (κ1) is 16.5. The Kier molecular flexibility index (Phi) is 5.36. The number of nitrogens with one attached hydrogen (secondary N) is 1. The number of hydrogen-bond acceptors (Lipinski definition) is 4. The largest absolute Gasteiger partial charge is 0.483 e. The Bertz CT molecular complexity index is 725. The fourth-order valence-electron chi connectivity index (χ4n) is 2.14. The van der Waals surface area contributed by atoms with Crippen molar-refractivity contribution in [1.29, 1.82) is 0 Å². The number of ether oxygens (including phenoxy) is 2. The molecule has 0 aliphatic carbocycles. The summed E-state index contributed by atoms with van der Waals surface area (Å²) in [6.07, 6.45) is 0. The van der Waals surface area contributed by atoms with Crippen LogP contribution in [0.15, 0.2) is 42.5 Å². The Morgan fingerprint density at radius 2 is 1.87 bits per heavy atom. The molecule has 0 aromatic heterocycles. The first-order chi connectivity index (χ1) is 11.0. The lowest BCUT2D eigenvalue weighted by atomic mass is 10.1. The van der Waals surface area contributed by atoms with Crippen LogP contribution in [0, 0.1) is 13.8 Å². The van der Waals surface area contributed by atoms with E-state index in [2.05, 4.69) is 10.1 Å². The summed E-state index contributed by atoms with van der Waals surface area (Å²) in [5.41, 5.74) is 3.01. The lowest BCUT2D eigenvalue weighted by Gasteiger charge is -2.10. The Hall–Kier alpha value is -2.82. The van der Waals surface area contributed by atoms with Gasteiger partial charge in [-0.2, -0.15) is 0 Å². The SMILES string of the molecule is COC(=O)c1cccc(NC(=O)COc2ccc(C)cc2C)c1. The molecule has 0 saturated carbocycles. The number of methoxy groups -OCH3 is 1. The molecule has 1 N–H and O–H groups in total. The maximum absolute atomic E-state index is 12.0. The molecule has 2 aromatic carbocycles. The third-order valence-corrected chi connectivity index (χ3v) is 3.26. The molecule has 5 heteroatoms. The predicted octanol–water partition coefficient (Wildman–Crippen LogP) is 3.11. The third kappa shape index (κ3) is 4.57. The number of carbonyl (C=O) groups excluding carboxylic acids is 2. The summed E-state index contributed by atoms with van der Waals surface area (Å²) in [4.78, 5) is 23.4. The molecule has 0 aliphatic heterocycles. The van der Waals surface area contributed by atoms with Crippen molar-refractivity contribution in [3.05, 3.63) is 59.2 Å². The molecule has 0 saturated heterocycles. The highest BCUT2D eigenvalue weighted by Gasteiger charge is 2.09. The molecule has 0 radical (unpaired) electrons. The zero-order valence-corrected chi connectivity index (χ0v) is 13.4. The molecule has 2 rings (SSSR count). The number of anilines is 1. The number of carbonyl (C=O) groups is 2. The van der Waals surface area contributed by atoms with E-state index in [1.807, 2.05) is 32.0 Å². The fourth-order valence-corrected chi connectivity index (χ4v) is 2.14. The molecule has 23 heavy (non-hydrogen) atoms. The van der Waals surface area contributed by atoms with Gasteiger partial charge in [0.15, 0.2) is 6.61 Å². The Labute approximate surface area is 135 Å². The van der Waals surface area contributed by atoms with E-state index < -0.39 is 5.97 Å². The van der Waals surface area contributed by atoms with Crippen molar-refractivity contribution in [2.45, 2.75) is 13.8 Å². The van der Waals surface area contributed by atoms with Crippen LogP contribution in [-0.2, 0) is 9.53 Å². The van der Waals surface area contributed by atoms with Gasteiger partial charge >= 0.3 is 5.97 Å². The standard InChI is InChI=1S/C18H19NO4/c1-12-7-8-16(13(2)9-12)23-11-17(20)19-15-6-4-5-14(10-15)18(21)22-3/h4-10H,11H2,1-3H3,(H,19,20). The van der Waals surface area contributed by atoms with Gasteiger partial charge in [0.2, 0.25) is 0 Å². The van der Waals surface area contributed by atoms with Crippen molar-refractivity contribution in [2.75, 3.05) is 19.0 Å². The van der Waals surface area contributed by atoms with Gasteiger partial charge in [0.1, 0.15) is 5.75 Å². The van der Waals surface area contributed by atoms with Gasteiger partial charge in [-0.05, 0) is 43.7 Å². The molecule has 0 heterocycles. The minimum absolute atomic E-state index is 0.105. The molecule has 0 spiro atoms. The quantitative estimate of drug-likeness (QED) is 0.861. The summed E-state index contributed by atoms with van der Waals surface area (Å²) in [5, 5.41) is 2.69. The number of aryl methyl sites for hydroxylation is 2. The summed E-state index contributed by atoms with van der Waals surface area (Å²) in [7, 11) is 1.31. The molecule has 0 bridgehead atoms. The molecule has 1 amide bonds. The topological polar surface area (TPSA) is 64.6 Å². The number of benzene rings is 2. The van der Waals surface area contributed by atoms with E-state index in [9.17, 15) is 9.59 Å². The fraction of sp³-hybridized carbons (Fsp3) is 0.222. The summed E-state index contributed by atoms with van der Waals surface area (Å²) in [6, 6.07) is 12.3. The average molecular weight is 313 g/mol. The van der Waals surface area contributed by atoms with Crippen LogP contribution in [-0.4, -0.2) is 25.6 Å². The van der Waals surface area contributed by atoms with Crippen LogP contribution in [0.3, 0.4) is 0 Å². The number of hydrogen-bond donors (Lipinski definition) is 1. The van der Waals surface area contributed by atoms with Crippen LogP contribution >= 0.6 is 0 Å². The second kappa shape index (κ2) is 7.45. The molecule has 0 unspecified atom stereocenters. The van der Waals surface area contributed by atoms with Crippen LogP contribution < -0.4 is 10.1 Å². The number of amides is 1. The van der Waals surface area contributed by atoms with E-state index in [0.717, 1.165) is 11.1 Å². The molecule has 0 aliphatic rings. The highest BCUT2D eigenvalue weighted by Crippen LogP contribution is 2.18. The highest BCUT2D eigenvalue weighted by molar-refractivity contribution is 5.95. The maximum atomic E-state index is 12.0. The molecular formula is C18H19NO4. The molecule has 2 aromatic rings. The monoisotopic (exact) mass is 313 g/mol. The normalized spacial score (nSPS) is 10.0. The minimum atomic E-state index is -0.451. The Morgan fingerprint density at radius 1 is 1.09 bits per heavy atom. The van der Waals surface area contributed by atoms with E-state index in [-0.39, 0.29) is 12.5 Å². The Morgan fingerprint density at radius 3 is 2.57 bits per heavy atom. The van der Waals surface area contributed by atoms with E-state index in [0.29, 0.717) is 17.0 Å². The van der Waals surface area contributed by atoms with E-state index in [1.165, 1.54) is 7.11 Å². The first-order valence-corrected chi connectivity index (χ1v) is 7.18. The summed E-state index contributed by atoms with van der Waals surface area (Å²) in [6.45, 7) is 3.82. The molecule has 0 atom stereocenters. The van der Waals surface area contributed by atoms with Crippen molar-refractivity contribution in [3.63, 3.8) is 0 Å². The van der Waals surface area contributed by atoms with Crippen LogP contribution in [0.4, 0.5) is 5.69 Å². The highest BCUT2D eigenvalue weighted by atomic mass is 16.5. The third-order valence-electron chi connectivity index (χ3n) is 3.26. The summed E-state index contributed by atoms with van der Waals surface area (Å²) < 4.78 is 10.2. The van der Waals surface area contributed by atoms with Crippen LogP contribution in [0.25, 0.3) is 0 Å². The predicted molar refractivity (Wildman–Crippen MR) is 87.8 cm³/mol. The minimum Gasteiger partial charge on any atom is -0.483 e. The molecular weight excluding hydrogens is 294 g/mol. The van der Waals surface area contributed by atoms with Crippen LogP contribution in [0.5, 0.6) is 5.75 Å². The van der Waals surface area contributed by atoms with Gasteiger partial charge in [0, 0.05) is 5.69 Å². The second-order valence-corrected chi connectivity index (χ2v) is 5.18. The molecule has 120 valence electrons. The summed E-state index contributed by atoms with van der Waals surface area (Å²) in [5.74, 6) is -0.0753. The lowest BCUT2D eigenvalue weighted by molar-refractivity contribution is -0.118. The van der Waals surface area contributed by atoms with Crippen molar-refractivity contribution in [2.24, 2.45) is 0 Å². The van der Waals surface area contributed by atoms with Gasteiger partial charge in [-0.15, -0.1) is 0 Å². The van der Waals surface area contributed by atoms with Crippen molar-refractivity contribution < 1.29 is 19.1 Å². The zero-order valence-electron chi connectivity index (χ0n) is 13.4.